The molecule has 1 aromatic carbocycles. The van der Waals surface area contributed by atoms with Crippen molar-refractivity contribution in [2.75, 3.05) is 25.0 Å². The zero-order valence-electron chi connectivity index (χ0n) is 16.3. The molecule has 3 rings (SSSR count). The molecule has 28 heavy (non-hydrogen) atoms. The first-order chi connectivity index (χ1) is 13.2. The van der Waals surface area contributed by atoms with Crippen molar-refractivity contribution < 1.29 is 18.0 Å². The number of nitrogens with one attached hydrogen (secondary N) is 1. The summed E-state index contributed by atoms with van der Waals surface area (Å²) in [5.41, 5.74) is 0.252. The Morgan fingerprint density at radius 1 is 1.21 bits per heavy atom. The fourth-order valence-electron chi connectivity index (χ4n) is 3.42. The number of hydrogen-bond acceptors (Lipinski definition) is 4. The number of anilines is 1. The molecule has 0 bridgehead atoms. The molecule has 1 saturated heterocycles. The Hall–Kier alpha value is -2.19. The quantitative estimate of drug-likeness (QED) is 0.733. The number of benzene rings is 1. The van der Waals surface area contributed by atoms with E-state index in [4.69, 9.17) is 0 Å². The van der Waals surface area contributed by atoms with Crippen LogP contribution in [0.4, 0.5) is 5.69 Å². The molecule has 0 atom stereocenters. The van der Waals surface area contributed by atoms with Crippen molar-refractivity contribution in [3.8, 4) is 0 Å². The van der Waals surface area contributed by atoms with Crippen molar-refractivity contribution in [1.82, 2.24) is 9.62 Å². The van der Waals surface area contributed by atoms with Gasteiger partial charge in [0.05, 0.1) is 4.90 Å². The Balaban J connectivity index is 1.67. The lowest BCUT2D eigenvalue weighted by Gasteiger charge is -2.39. The van der Waals surface area contributed by atoms with Crippen LogP contribution in [0.5, 0.6) is 0 Å². The minimum atomic E-state index is -3.62. The van der Waals surface area contributed by atoms with Gasteiger partial charge in [0, 0.05) is 37.3 Å². The molecular formula is C20H27N3O4S. The van der Waals surface area contributed by atoms with Crippen molar-refractivity contribution in [3.63, 3.8) is 0 Å². The third kappa shape index (κ3) is 4.28. The van der Waals surface area contributed by atoms with Gasteiger partial charge in [-0.3, -0.25) is 9.59 Å². The van der Waals surface area contributed by atoms with Gasteiger partial charge in [0.1, 0.15) is 0 Å². The Kier molecular flexibility index (Phi) is 5.63. The van der Waals surface area contributed by atoms with E-state index in [1.165, 1.54) is 10.4 Å². The smallest absolute Gasteiger partial charge is 0.243 e. The van der Waals surface area contributed by atoms with E-state index in [0.717, 1.165) is 12.8 Å². The summed E-state index contributed by atoms with van der Waals surface area (Å²) in [7, 11) is -1.90. The fraction of sp³-hybridized carbons (Fsp3) is 0.500. The molecule has 1 aliphatic carbocycles. The van der Waals surface area contributed by atoms with Crippen LogP contribution in [-0.2, 0) is 19.6 Å². The second-order valence-electron chi connectivity index (χ2n) is 7.82. The van der Waals surface area contributed by atoms with Gasteiger partial charge in [0.25, 0.3) is 0 Å². The second-order valence-corrected chi connectivity index (χ2v) is 9.76. The van der Waals surface area contributed by atoms with E-state index >= 15 is 0 Å². The number of sulfonamides is 1. The van der Waals surface area contributed by atoms with Crippen LogP contribution in [0.2, 0.25) is 0 Å². The lowest BCUT2D eigenvalue weighted by Crippen LogP contribution is -2.53. The van der Waals surface area contributed by atoms with Gasteiger partial charge in [-0.15, -0.1) is 0 Å². The molecule has 1 aromatic rings. The van der Waals surface area contributed by atoms with Crippen LogP contribution in [0.3, 0.4) is 0 Å². The maximum atomic E-state index is 13.0. The molecule has 1 N–H and O–H groups in total. The predicted octanol–water partition coefficient (Wildman–Crippen LogP) is 1.90. The minimum absolute atomic E-state index is 0.0764. The standard InChI is InChI=1S/C20H27N3O4S/c1-4-18(24)21-20(2)11-13-23(14-12-20)28(26,27)17-9-7-16(8-10-17)22(3)19(25)15-5-6-15/h4,7-10,15H,1,5-6,11-14H2,2-3H3,(H,21,24). The van der Waals surface area contributed by atoms with Gasteiger partial charge >= 0.3 is 0 Å². The first kappa shape index (κ1) is 20.5. The van der Waals surface area contributed by atoms with Crippen LogP contribution in [0, 0.1) is 5.92 Å². The molecule has 2 fully saturated rings. The molecule has 0 aromatic heterocycles. The highest BCUT2D eigenvalue weighted by atomic mass is 32.2. The van der Waals surface area contributed by atoms with E-state index in [2.05, 4.69) is 11.9 Å². The molecule has 0 unspecified atom stereocenters. The van der Waals surface area contributed by atoms with Crippen molar-refractivity contribution in [2.45, 2.75) is 43.0 Å². The summed E-state index contributed by atoms with van der Waals surface area (Å²) in [6, 6.07) is 6.44. The topological polar surface area (TPSA) is 86.8 Å². The van der Waals surface area contributed by atoms with Crippen molar-refractivity contribution in [1.29, 1.82) is 0 Å². The molecular weight excluding hydrogens is 378 g/mol. The highest BCUT2D eigenvalue weighted by molar-refractivity contribution is 7.89. The van der Waals surface area contributed by atoms with Gasteiger partial charge in [0.2, 0.25) is 21.8 Å². The van der Waals surface area contributed by atoms with Crippen LogP contribution in [-0.4, -0.2) is 50.2 Å². The number of nitrogens with zero attached hydrogens (tertiary/aromatic N) is 2. The van der Waals surface area contributed by atoms with Gasteiger partial charge in [-0.1, -0.05) is 6.58 Å². The Morgan fingerprint density at radius 3 is 2.29 bits per heavy atom. The highest BCUT2D eigenvalue weighted by Crippen LogP contribution is 2.33. The summed E-state index contributed by atoms with van der Waals surface area (Å²) in [4.78, 5) is 25.5. The van der Waals surface area contributed by atoms with E-state index in [9.17, 15) is 18.0 Å². The summed E-state index contributed by atoms with van der Waals surface area (Å²) in [5, 5.41) is 2.89. The number of carbonyl (C=O) groups excluding carboxylic acids is 2. The molecule has 152 valence electrons. The molecule has 0 radical (unpaired) electrons. The number of hydrogen-bond donors (Lipinski definition) is 1. The summed E-state index contributed by atoms with van der Waals surface area (Å²) in [6.45, 7) is 6.03. The van der Waals surface area contributed by atoms with E-state index in [1.54, 1.807) is 36.2 Å². The Labute approximate surface area is 166 Å². The maximum absolute atomic E-state index is 13.0. The summed E-state index contributed by atoms with van der Waals surface area (Å²) in [6.07, 6.45) is 4.14. The van der Waals surface area contributed by atoms with Gasteiger partial charge in [-0.05, 0) is 62.9 Å². The SMILES string of the molecule is C=CC(=O)NC1(C)CCN(S(=O)(=O)c2ccc(N(C)C(=O)C3CC3)cc2)CC1. The third-order valence-corrected chi connectivity index (χ3v) is 7.47. The average molecular weight is 406 g/mol. The van der Waals surface area contributed by atoms with Crippen molar-refractivity contribution in [3.05, 3.63) is 36.9 Å². The first-order valence-corrected chi connectivity index (χ1v) is 10.9. The highest BCUT2D eigenvalue weighted by Gasteiger charge is 2.36. The molecule has 2 aliphatic rings. The normalized spacial score (nSPS) is 19.6. The van der Waals surface area contributed by atoms with Crippen molar-refractivity contribution in [2.24, 2.45) is 5.92 Å². The second kappa shape index (κ2) is 7.67. The number of carbonyl (C=O) groups is 2. The molecule has 8 heteroatoms. The maximum Gasteiger partial charge on any atom is 0.243 e. The lowest BCUT2D eigenvalue weighted by atomic mass is 9.90. The minimum Gasteiger partial charge on any atom is -0.347 e. The molecule has 1 saturated carbocycles. The predicted molar refractivity (Wildman–Crippen MR) is 107 cm³/mol. The number of amides is 2. The van der Waals surface area contributed by atoms with Crippen LogP contribution in [0.1, 0.15) is 32.6 Å². The van der Waals surface area contributed by atoms with Crippen molar-refractivity contribution >= 4 is 27.5 Å². The van der Waals surface area contributed by atoms with E-state index in [1.807, 2.05) is 6.92 Å². The summed E-state index contributed by atoms with van der Waals surface area (Å²) in [5.74, 6) is -0.0654. The molecule has 2 amide bonds. The van der Waals surface area contributed by atoms with Gasteiger partial charge in [-0.2, -0.15) is 4.31 Å². The Morgan fingerprint density at radius 2 is 1.79 bits per heavy atom. The van der Waals surface area contributed by atoms with Crippen LogP contribution >= 0.6 is 0 Å². The van der Waals surface area contributed by atoms with Gasteiger partial charge < -0.3 is 10.2 Å². The van der Waals surface area contributed by atoms with Gasteiger partial charge in [-0.25, -0.2) is 8.42 Å². The molecule has 1 aliphatic heterocycles. The van der Waals surface area contributed by atoms with Gasteiger partial charge in [0.15, 0.2) is 0 Å². The average Bonchev–Trinajstić information content (AvgIpc) is 3.52. The number of rotatable bonds is 6. The summed E-state index contributed by atoms with van der Waals surface area (Å²) >= 11 is 0. The third-order valence-electron chi connectivity index (χ3n) is 5.56. The fourth-order valence-corrected chi connectivity index (χ4v) is 4.86. The van der Waals surface area contributed by atoms with Crippen LogP contribution in [0.15, 0.2) is 41.8 Å². The largest absolute Gasteiger partial charge is 0.347 e. The van der Waals surface area contributed by atoms with Crippen LogP contribution < -0.4 is 10.2 Å². The first-order valence-electron chi connectivity index (χ1n) is 9.49. The Bertz CT molecular complexity index is 867. The molecule has 1 heterocycles. The molecule has 0 spiro atoms. The van der Waals surface area contributed by atoms with Crippen LogP contribution in [0.25, 0.3) is 0 Å². The monoisotopic (exact) mass is 405 g/mol. The van der Waals surface area contributed by atoms with E-state index < -0.39 is 15.6 Å². The van der Waals surface area contributed by atoms with E-state index in [-0.39, 0.29) is 22.6 Å². The zero-order valence-corrected chi connectivity index (χ0v) is 17.2. The van der Waals surface area contributed by atoms with E-state index in [0.29, 0.717) is 31.6 Å². The summed E-state index contributed by atoms with van der Waals surface area (Å²) < 4.78 is 27.4. The number of piperidine rings is 1. The molecule has 7 nitrogen and oxygen atoms in total. The lowest BCUT2D eigenvalue weighted by molar-refractivity contribution is -0.119. The zero-order chi connectivity index (χ0) is 20.5.